The van der Waals surface area contributed by atoms with Crippen molar-refractivity contribution in [3.8, 4) is 0 Å². The maximum absolute atomic E-state index is 12.2. The van der Waals surface area contributed by atoms with Crippen LogP contribution in [0.5, 0.6) is 0 Å². The quantitative estimate of drug-likeness (QED) is 0.795. The Labute approximate surface area is 158 Å². The van der Waals surface area contributed by atoms with E-state index in [1.54, 1.807) is 0 Å². The topological polar surface area (TPSA) is 84.5 Å². The van der Waals surface area contributed by atoms with Gasteiger partial charge < -0.3 is 10.1 Å². The van der Waals surface area contributed by atoms with E-state index in [1.807, 2.05) is 42.5 Å². The number of benzene rings is 2. The second-order valence-corrected chi connectivity index (χ2v) is 6.89. The Hall–Kier alpha value is -2.89. The van der Waals surface area contributed by atoms with Crippen LogP contribution >= 0.6 is 0 Å². The molecule has 1 atom stereocenters. The molecule has 6 heteroatoms. The number of esters is 1. The lowest BCUT2D eigenvalue weighted by molar-refractivity contribution is -0.153. The van der Waals surface area contributed by atoms with Crippen LogP contribution < -0.4 is 10.6 Å². The number of hydrogen-bond acceptors (Lipinski definition) is 4. The maximum atomic E-state index is 12.2. The number of nitrogens with one attached hydrogen (secondary N) is 2. The van der Waals surface area contributed by atoms with Gasteiger partial charge in [-0.05, 0) is 36.1 Å². The predicted octanol–water partition coefficient (Wildman–Crippen LogP) is 3.08. The molecule has 0 spiro atoms. The average Bonchev–Trinajstić information content (AvgIpc) is 3.14. The second-order valence-electron chi connectivity index (χ2n) is 6.89. The smallest absolute Gasteiger partial charge is 0.321 e. The lowest BCUT2D eigenvalue weighted by Gasteiger charge is -2.16. The van der Waals surface area contributed by atoms with Gasteiger partial charge in [0, 0.05) is 6.04 Å². The third kappa shape index (κ3) is 5.06. The van der Waals surface area contributed by atoms with Gasteiger partial charge in [0.1, 0.15) is 0 Å². The highest BCUT2D eigenvalue weighted by Crippen LogP contribution is 2.19. The van der Waals surface area contributed by atoms with Gasteiger partial charge in [0.15, 0.2) is 6.10 Å². The number of urea groups is 1. The fraction of sp³-hybridized carbons (Fsp3) is 0.381. The van der Waals surface area contributed by atoms with E-state index in [4.69, 9.17) is 4.74 Å². The van der Waals surface area contributed by atoms with Crippen molar-refractivity contribution in [2.75, 3.05) is 0 Å². The van der Waals surface area contributed by atoms with Gasteiger partial charge in [-0.25, -0.2) is 4.79 Å². The minimum atomic E-state index is -1.04. The van der Waals surface area contributed by atoms with Crippen molar-refractivity contribution in [2.24, 2.45) is 0 Å². The molecular formula is C21H24N2O4. The number of rotatable bonds is 5. The molecule has 0 aliphatic heterocycles. The fourth-order valence-corrected chi connectivity index (χ4v) is 3.40. The van der Waals surface area contributed by atoms with Crippen molar-refractivity contribution in [1.82, 2.24) is 10.6 Å². The van der Waals surface area contributed by atoms with E-state index in [9.17, 15) is 14.4 Å². The monoisotopic (exact) mass is 368 g/mol. The van der Waals surface area contributed by atoms with Crippen LogP contribution in [0.15, 0.2) is 42.5 Å². The van der Waals surface area contributed by atoms with Gasteiger partial charge in [-0.3, -0.25) is 14.9 Å². The largest absolute Gasteiger partial charge is 0.452 e. The first-order valence-electron chi connectivity index (χ1n) is 9.30. The summed E-state index contributed by atoms with van der Waals surface area (Å²) < 4.78 is 5.20. The number of carbonyl (C=O) groups excluding carboxylic acids is 3. The van der Waals surface area contributed by atoms with Gasteiger partial charge >= 0.3 is 12.0 Å². The lowest BCUT2D eigenvalue weighted by Crippen LogP contribution is -2.47. The SMILES string of the molecule is CC(OC(=O)Cc1cccc2ccccc12)C(=O)NC(=O)NC1CCCC1. The van der Waals surface area contributed by atoms with E-state index in [2.05, 4.69) is 10.6 Å². The molecule has 0 saturated heterocycles. The summed E-state index contributed by atoms with van der Waals surface area (Å²) in [6.07, 6.45) is 3.05. The van der Waals surface area contributed by atoms with E-state index in [0.29, 0.717) is 0 Å². The van der Waals surface area contributed by atoms with E-state index in [-0.39, 0.29) is 12.5 Å². The summed E-state index contributed by atoms with van der Waals surface area (Å²) in [5.41, 5.74) is 0.838. The number of carbonyl (C=O) groups is 3. The summed E-state index contributed by atoms with van der Waals surface area (Å²) in [5, 5.41) is 7.02. The number of ether oxygens (including phenoxy) is 1. The minimum Gasteiger partial charge on any atom is -0.452 e. The summed E-state index contributed by atoms with van der Waals surface area (Å²) in [6.45, 7) is 1.46. The van der Waals surface area contributed by atoms with Crippen molar-refractivity contribution in [1.29, 1.82) is 0 Å². The molecule has 2 aromatic rings. The van der Waals surface area contributed by atoms with Crippen molar-refractivity contribution in [3.63, 3.8) is 0 Å². The zero-order valence-electron chi connectivity index (χ0n) is 15.4. The molecule has 2 aromatic carbocycles. The van der Waals surface area contributed by atoms with Gasteiger partial charge in [-0.15, -0.1) is 0 Å². The molecule has 1 saturated carbocycles. The van der Waals surface area contributed by atoms with Crippen LogP contribution in [0.2, 0.25) is 0 Å². The van der Waals surface area contributed by atoms with Gasteiger partial charge in [0.25, 0.3) is 5.91 Å². The molecule has 1 unspecified atom stereocenters. The molecule has 6 nitrogen and oxygen atoms in total. The predicted molar refractivity (Wildman–Crippen MR) is 102 cm³/mol. The highest BCUT2D eigenvalue weighted by molar-refractivity contribution is 5.97. The summed E-state index contributed by atoms with van der Waals surface area (Å²) in [4.78, 5) is 36.2. The Bertz CT molecular complexity index is 838. The van der Waals surface area contributed by atoms with Gasteiger partial charge in [-0.1, -0.05) is 55.3 Å². The normalized spacial score (nSPS) is 15.3. The highest BCUT2D eigenvalue weighted by Gasteiger charge is 2.22. The Morgan fingerprint density at radius 1 is 1.07 bits per heavy atom. The highest BCUT2D eigenvalue weighted by atomic mass is 16.5. The van der Waals surface area contributed by atoms with Crippen LogP contribution in [0.3, 0.4) is 0 Å². The zero-order valence-corrected chi connectivity index (χ0v) is 15.4. The standard InChI is InChI=1S/C21H24N2O4/c1-14(20(25)23-21(26)22-17-10-3-4-11-17)27-19(24)13-16-9-6-8-15-7-2-5-12-18(15)16/h2,5-9,12,14,17H,3-4,10-11,13H2,1H3,(H2,22,23,25,26). The Morgan fingerprint density at radius 3 is 2.56 bits per heavy atom. The van der Waals surface area contributed by atoms with Crippen molar-refractivity contribution >= 4 is 28.7 Å². The summed E-state index contributed by atoms with van der Waals surface area (Å²) in [7, 11) is 0. The van der Waals surface area contributed by atoms with Crippen LogP contribution in [0.1, 0.15) is 38.2 Å². The van der Waals surface area contributed by atoms with Gasteiger partial charge in [-0.2, -0.15) is 0 Å². The first kappa shape index (κ1) is 18.9. The maximum Gasteiger partial charge on any atom is 0.321 e. The van der Waals surface area contributed by atoms with Crippen LogP contribution in [0.25, 0.3) is 10.8 Å². The zero-order chi connectivity index (χ0) is 19.2. The van der Waals surface area contributed by atoms with E-state index >= 15 is 0 Å². The average molecular weight is 368 g/mol. The molecule has 0 heterocycles. The molecule has 142 valence electrons. The molecule has 0 aromatic heterocycles. The van der Waals surface area contributed by atoms with Crippen molar-refractivity contribution < 1.29 is 19.1 Å². The lowest BCUT2D eigenvalue weighted by atomic mass is 10.0. The van der Waals surface area contributed by atoms with Crippen LogP contribution in [0.4, 0.5) is 4.79 Å². The first-order chi connectivity index (χ1) is 13.0. The van der Waals surface area contributed by atoms with E-state index in [1.165, 1.54) is 6.92 Å². The Kier molecular flexibility index (Phi) is 6.06. The van der Waals surface area contributed by atoms with Gasteiger partial charge in [0.2, 0.25) is 0 Å². The van der Waals surface area contributed by atoms with Gasteiger partial charge in [0.05, 0.1) is 6.42 Å². The molecule has 1 aliphatic carbocycles. The molecular weight excluding hydrogens is 344 g/mol. The summed E-state index contributed by atoms with van der Waals surface area (Å²) >= 11 is 0. The van der Waals surface area contributed by atoms with Crippen molar-refractivity contribution in [3.05, 3.63) is 48.0 Å². The van der Waals surface area contributed by atoms with E-state index in [0.717, 1.165) is 42.0 Å². The molecule has 1 aliphatic rings. The summed E-state index contributed by atoms with van der Waals surface area (Å²) in [5.74, 6) is -1.14. The number of hydrogen-bond donors (Lipinski definition) is 2. The first-order valence-corrected chi connectivity index (χ1v) is 9.30. The number of fused-ring (bicyclic) bond motifs is 1. The molecule has 2 N–H and O–H groups in total. The minimum absolute atomic E-state index is 0.0627. The molecule has 3 rings (SSSR count). The number of amides is 3. The van der Waals surface area contributed by atoms with Crippen molar-refractivity contribution in [2.45, 2.75) is 51.2 Å². The van der Waals surface area contributed by atoms with E-state index < -0.39 is 24.0 Å². The Morgan fingerprint density at radius 2 is 1.78 bits per heavy atom. The third-order valence-corrected chi connectivity index (χ3v) is 4.82. The molecule has 27 heavy (non-hydrogen) atoms. The molecule has 1 fully saturated rings. The number of imide groups is 1. The fourth-order valence-electron chi connectivity index (χ4n) is 3.40. The van der Waals surface area contributed by atoms with Crippen LogP contribution in [0, 0.1) is 0 Å². The molecule has 0 radical (unpaired) electrons. The third-order valence-electron chi connectivity index (χ3n) is 4.82. The summed E-state index contributed by atoms with van der Waals surface area (Å²) in [6, 6.07) is 13.1. The Balaban J connectivity index is 1.52. The second kappa shape index (κ2) is 8.66. The molecule has 3 amide bonds. The van der Waals surface area contributed by atoms with Crippen LogP contribution in [-0.2, 0) is 20.7 Å². The van der Waals surface area contributed by atoms with Crippen LogP contribution in [-0.4, -0.2) is 30.1 Å². The molecule has 0 bridgehead atoms.